The van der Waals surface area contributed by atoms with Gasteiger partial charge < -0.3 is 15.5 Å². The van der Waals surface area contributed by atoms with Crippen LogP contribution < -0.4 is 5.32 Å². The standard InChI is InChI=1S/C15H21NO4.Na/c17-13-9-6-5-8-12(13)15(20)16-11-7-3-1-2-4-10-14(18)19;/h5-6,8-9,17H,1-4,7,10-11H2,(H,16,20)(H,18,19);. The van der Waals surface area contributed by atoms with Crippen LogP contribution in [0.2, 0.25) is 0 Å². The first kappa shape index (κ1) is 20.0. The van der Waals surface area contributed by atoms with Gasteiger partial charge in [-0.3, -0.25) is 9.59 Å². The molecule has 1 amide bonds. The Hall–Kier alpha value is -1.04. The average molecular weight is 302 g/mol. The zero-order chi connectivity index (χ0) is 14.8. The van der Waals surface area contributed by atoms with Crippen molar-refractivity contribution < 1.29 is 19.8 Å². The number of phenols is 1. The van der Waals surface area contributed by atoms with Gasteiger partial charge in [0.15, 0.2) is 0 Å². The van der Waals surface area contributed by atoms with E-state index in [1.165, 1.54) is 6.07 Å². The molecule has 0 heterocycles. The van der Waals surface area contributed by atoms with Gasteiger partial charge in [0, 0.05) is 42.5 Å². The third-order valence-corrected chi connectivity index (χ3v) is 3.00. The largest absolute Gasteiger partial charge is 0.507 e. The van der Waals surface area contributed by atoms with Crippen LogP contribution in [0.25, 0.3) is 0 Å². The molecule has 0 spiro atoms. The van der Waals surface area contributed by atoms with Crippen molar-refractivity contribution in [1.82, 2.24) is 5.32 Å². The molecule has 0 fully saturated rings. The summed E-state index contributed by atoms with van der Waals surface area (Å²) in [4.78, 5) is 22.0. The Bertz CT molecular complexity index is 451. The molecule has 0 aliphatic rings. The molecule has 1 aromatic carbocycles. The summed E-state index contributed by atoms with van der Waals surface area (Å²) in [5, 5.41) is 20.8. The molecule has 1 rings (SSSR count). The fourth-order valence-electron chi connectivity index (χ4n) is 1.89. The van der Waals surface area contributed by atoms with Crippen LogP contribution in [0.4, 0.5) is 0 Å². The quantitative estimate of drug-likeness (QED) is 0.482. The zero-order valence-corrected chi connectivity index (χ0v) is 14.5. The molecule has 1 aromatic rings. The SMILES string of the molecule is O=C(O)CCCCCCCNC(=O)c1ccccc1O.[Na]. The second-order valence-corrected chi connectivity index (χ2v) is 4.68. The zero-order valence-electron chi connectivity index (χ0n) is 12.5. The van der Waals surface area contributed by atoms with Gasteiger partial charge in [-0.25, -0.2) is 0 Å². The Morgan fingerprint density at radius 2 is 1.62 bits per heavy atom. The van der Waals surface area contributed by atoms with Gasteiger partial charge >= 0.3 is 5.97 Å². The Labute approximate surface area is 147 Å². The number of carboxylic acid groups (broad SMARTS) is 1. The molecule has 0 atom stereocenters. The van der Waals surface area contributed by atoms with E-state index in [9.17, 15) is 14.7 Å². The number of carbonyl (C=O) groups excluding carboxylic acids is 1. The fraction of sp³-hybridized carbons (Fsp3) is 0.467. The topological polar surface area (TPSA) is 86.6 Å². The van der Waals surface area contributed by atoms with Gasteiger partial charge in [0.2, 0.25) is 0 Å². The molecule has 0 aliphatic carbocycles. The first-order valence-electron chi connectivity index (χ1n) is 6.89. The van der Waals surface area contributed by atoms with Crippen molar-refractivity contribution in [2.45, 2.75) is 38.5 Å². The number of hydrogen-bond donors (Lipinski definition) is 3. The molecule has 3 N–H and O–H groups in total. The van der Waals surface area contributed by atoms with E-state index in [0.717, 1.165) is 25.7 Å². The van der Waals surface area contributed by atoms with Gasteiger partial charge in [-0.05, 0) is 25.0 Å². The van der Waals surface area contributed by atoms with Crippen LogP contribution in [0.15, 0.2) is 24.3 Å². The molecule has 0 aromatic heterocycles. The van der Waals surface area contributed by atoms with E-state index in [4.69, 9.17) is 5.11 Å². The Kier molecular flexibility index (Phi) is 11.0. The van der Waals surface area contributed by atoms with Crippen molar-refractivity contribution in [3.63, 3.8) is 0 Å². The van der Waals surface area contributed by atoms with Crippen molar-refractivity contribution in [3.8, 4) is 5.75 Å². The van der Waals surface area contributed by atoms with E-state index in [-0.39, 0.29) is 53.2 Å². The number of unbranched alkanes of at least 4 members (excludes halogenated alkanes) is 4. The predicted molar refractivity (Wildman–Crippen MR) is 81.5 cm³/mol. The Morgan fingerprint density at radius 1 is 1.00 bits per heavy atom. The van der Waals surface area contributed by atoms with E-state index in [2.05, 4.69) is 5.32 Å². The summed E-state index contributed by atoms with van der Waals surface area (Å²) < 4.78 is 0. The molecule has 0 aliphatic heterocycles. The smallest absolute Gasteiger partial charge is 0.303 e. The molecule has 111 valence electrons. The van der Waals surface area contributed by atoms with Crippen molar-refractivity contribution in [1.29, 1.82) is 0 Å². The fourth-order valence-corrected chi connectivity index (χ4v) is 1.89. The van der Waals surface area contributed by atoms with Crippen molar-refractivity contribution in [2.75, 3.05) is 6.54 Å². The van der Waals surface area contributed by atoms with Crippen LogP contribution in [0, 0.1) is 0 Å². The molecule has 0 saturated heterocycles. The van der Waals surface area contributed by atoms with Crippen molar-refractivity contribution in [2.24, 2.45) is 0 Å². The number of para-hydroxylation sites is 1. The minimum absolute atomic E-state index is 0. The van der Waals surface area contributed by atoms with Gasteiger partial charge in [0.1, 0.15) is 5.75 Å². The normalized spacial score (nSPS) is 9.71. The molecule has 1 radical (unpaired) electrons. The molecule has 0 bridgehead atoms. The molecule has 5 nitrogen and oxygen atoms in total. The number of nitrogens with one attached hydrogen (secondary N) is 1. The summed E-state index contributed by atoms with van der Waals surface area (Å²) in [6, 6.07) is 6.44. The summed E-state index contributed by atoms with van der Waals surface area (Å²) in [5.74, 6) is -1.03. The molecule has 0 unspecified atom stereocenters. The molecule has 21 heavy (non-hydrogen) atoms. The first-order valence-corrected chi connectivity index (χ1v) is 6.89. The Morgan fingerprint density at radius 3 is 2.29 bits per heavy atom. The minimum atomic E-state index is -0.750. The van der Waals surface area contributed by atoms with Gasteiger partial charge in [0.25, 0.3) is 5.91 Å². The van der Waals surface area contributed by atoms with Gasteiger partial charge in [-0.2, -0.15) is 0 Å². The number of aliphatic carboxylic acids is 1. The number of carbonyl (C=O) groups is 2. The van der Waals surface area contributed by atoms with Crippen molar-refractivity contribution in [3.05, 3.63) is 29.8 Å². The van der Waals surface area contributed by atoms with E-state index in [1.54, 1.807) is 18.2 Å². The minimum Gasteiger partial charge on any atom is -0.507 e. The number of aromatic hydroxyl groups is 1. The average Bonchev–Trinajstić information content (AvgIpc) is 2.41. The number of benzene rings is 1. The first-order chi connectivity index (χ1) is 9.61. The van der Waals surface area contributed by atoms with Crippen LogP contribution in [0.5, 0.6) is 5.75 Å². The van der Waals surface area contributed by atoms with Gasteiger partial charge in [-0.1, -0.05) is 31.4 Å². The number of amides is 1. The van der Waals surface area contributed by atoms with E-state index in [1.807, 2.05) is 0 Å². The summed E-state index contributed by atoms with van der Waals surface area (Å²) in [5.41, 5.74) is 0.286. The number of hydrogen-bond acceptors (Lipinski definition) is 3. The maximum atomic E-state index is 11.7. The predicted octanol–water partition coefficient (Wildman–Crippen LogP) is 2.17. The maximum Gasteiger partial charge on any atom is 0.303 e. The molecule has 6 heteroatoms. The third-order valence-electron chi connectivity index (χ3n) is 3.00. The maximum absolute atomic E-state index is 11.7. The summed E-state index contributed by atoms with van der Waals surface area (Å²) in [6.07, 6.45) is 4.62. The number of rotatable bonds is 9. The molecular weight excluding hydrogens is 281 g/mol. The molecular formula is C15H21NNaO4. The van der Waals surface area contributed by atoms with Crippen LogP contribution in [0.3, 0.4) is 0 Å². The van der Waals surface area contributed by atoms with E-state index in [0.29, 0.717) is 13.0 Å². The number of carboxylic acids is 1. The van der Waals surface area contributed by atoms with Gasteiger partial charge in [-0.15, -0.1) is 0 Å². The molecule has 0 saturated carbocycles. The van der Waals surface area contributed by atoms with Crippen LogP contribution >= 0.6 is 0 Å². The number of phenolic OH excluding ortho intramolecular Hbond substituents is 1. The summed E-state index contributed by atoms with van der Waals surface area (Å²) in [7, 11) is 0. The van der Waals surface area contributed by atoms with E-state index < -0.39 is 5.97 Å². The summed E-state index contributed by atoms with van der Waals surface area (Å²) in [6.45, 7) is 0.562. The Balaban J connectivity index is 0.00000400. The van der Waals surface area contributed by atoms with E-state index >= 15 is 0 Å². The van der Waals surface area contributed by atoms with Gasteiger partial charge in [0.05, 0.1) is 5.56 Å². The second kappa shape index (κ2) is 11.6. The van der Waals surface area contributed by atoms with Crippen LogP contribution in [-0.2, 0) is 4.79 Å². The van der Waals surface area contributed by atoms with Crippen LogP contribution in [-0.4, -0.2) is 58.2 Å². The summed E-state index contributed by atoms with van der Waals surface area (Å²) >= 11 is 0. The second-order valence-electron chi connectivity index (χ2n) is 4.68. The monoisotopic (exact) mass is 302 g/mol. The third kappa shape index (κ3) is 8.75. The van der Waals surface area contributed by atoms with Crippen molar-refractivity contribution >= 4 is 41.4 Å². The van der Waals surface area contributed by atoms with Crippen LogP contribution in [0.1, 0.15) is 48.9 Å².